The van der Waals surface area contributed by atoms with E-state index in [-0.39, 0.29) is 28.8 Å². The molecule has 1 aromatic carbocycles. The second-order valence-corrected chi connectivity index (χ2v) is 10.7. The van der Waals surface area contributed by atoms with Crippen molar-refractivity contribution in [2.45, 2.75) is 56.0 Å². The standard InChI is InChI=1S/C24H30N4O4S/c1-18-6-2-3-13-28(18)33(31,32)22-9-4-7-19(16-22)24(30)27-14-10-21(11-15-27)26-23(29)20-8-5-12-25-17-20/h4-5,7-9,12,16-18,21H,2-3,6,10-11,13-15H2,1H3,(H,26,29). The van der Waals surface area contributed by atoms with Gasteiger partial charge in [0.05, 0.1) is 10.5 Å². The highest BCUT2D eigenvalue weighted by Crippen LogP contribution is 2.26. The van der Waals surface area contributed by atoms with Gasteiger partial charge in [-0.25, -0.2) is 8.42 Å². The average Bonchev–Trinajstić information content (AvgIpc) is 2.85. The van der Waals surface area contributed by atoms with Gasteiger partial charge in [0, 0.05) is 49.7 Å². The van der Waals surface area contributed by atoms with Gasteiger partial charge in [-0.1, -0.05) is 12.5 Å². The van der Waals surface area contributed by atoms with Crippen LogP contribution in [-0.2, 0) is 10.0 Å². The normalized spacial score (nSPS) is 20.4. The maximum absolute atomic E-state index is 13.2. The largest absolute Gasteiger partial charge is 0.349 e. The number of benzene rings is 1. The zero-order valence-corrected chi connectivity index (χ0v) is 19.6. The summed E-state index contributed by atoms with van der Waals surface area (Å²) in [6.45, 7) is 3.44. The number of amides is 2. The summed E-state index contributed by atoms with van der Waals surface area (Å²) in [5.74, 6) is -0.353. The molecule has 0 saturated carbocycles. The van der Waals surface area contributed by atoms with E-state index >= 15 is 0 Å². The van der Waals surface area contributed by atoms with Gasteiger partial charge in [-0.3, -0.25) is 14.6 Å². The van der Waals surface area contributed by atoms with Gasteiger partial charge in [0.25, 0.3) is 11.8 Å². The van der Waals surface area contributed by atoms with E-state index in [4.69, 9.17) is 0 Å². The van der Waals surface area contributed by atoms with Crippen molar-refractivity contribution in [1.29, 1.82) is 0 Å². The fraction of sp³-hybridized carbons (Fsp3) is 0.458. The molecule has 176 valence electrons. The Morgan fingerprint density at radius 1 is 1.00 bits per heavy atom. The lowest BCUT2D eigenvalue weighted by Crippen LogP contribution is -2.46. The van der Waals surface area contributed by atoms with Gasteiger partial charge < -0.3 is 10.2 Å². The molecule has 0 radical (unpaired) electrons. The molecule has 8 nitrogen and oxygen atoms in total. The highest BCUT2D eigenvalue weighted by Gasteiger charge is 2.32. The van der Waals surface area contributed by atoms with Gasteiger partial charge in [-0.2, -0.15) is 4.31 Å². The van der Waals surface area contributed by atoms with E-state index in [0.29, 0.717) is 43.6 Å². The molecule has 33 heavy (non-hydrogen) atoms. The molecule has 2 saturated heterocycles. The zero-order chi connectivity index (χ0) is 23.4. The van der Waals surface area contributed by atoms with Crippen molar-refractivity contribution >= 4 is 21.8 Å². The van der Waals surface area contributed by atoms with Crippen molar-refractivity contribution in [1.82, 2.24) is 19.5 Å². The van der Waals surface area contributed by atoms with Gasteiger partial charge in [0.15, 0.2) is 0 Å². The first-order valence-corrected chi connectivity index (χ1v) is 12.9. The molecule has 2 aliphatic rings. The number of carbonyl (C=O) groups excluding carboxylic acids is 2. The summed E-state index contributed by atoms with van der Waals surface area (Å²) in [4.78, 5) is 31.3. The number of likely N-dealkylation sites (tertiary alicyclic amines) is 1. The summed E-state index contributed by atoms with van der Waals surface area (Å²) < 4.78 is 27.9. The molecule has 0 spiro atoms. The Balaban J connectivity index is 1.39. The minimum Gasteiger partial charge on any atom is -0.349 e. The fourth-order valence-corrected chi connectivity index (χ4v) is 6.27. The second-order valence-electron chi connectivity index (χ2n) is 8.77. The van der Waals surface area contributed by atoms with E-state index in [1.165, 1.54) is 12.3 Å². The average molecular weight is 471 g/mol. The Morgan fingerprint density at radius 3 is 2.45 bits per heavy atom. The first kappa shape index (κ1) is 23.4. The number of carbonyl (C=O) groups is 2. The summed E-state index contributed by atoms with van der Waals surface area (Å²) in [5, 5.41) is 3.00. The maximum atomic E-state index is 13.2. The molecule has 1 aromatic heterocycles. The van der Waals surface area contributed by atoms with Gasteiger partial charge in [0.2, 0.25) is 10.0 Å². The minimum atomic E-state index is -3.64. The van der Waals surface area contributed by atoms with E-state index in [0.717, 1.165) is 19.3 Å². The summed E-state index contributed by atoms with van der Waals surface area (Å²) in [6.07, 6.45) is 7.17. The number of hydrogen-bond acceptors (Lipinski definition) is 5. The fourth-order valence-electron chi connectivity index (χ4n) is 4.53. The number of hydrogen-bond donors (Lipinski definition) is 1. The lowest BCUT2D eigenvalue weighted by atomic mass is 10.0. The smallest absolute Gasteiger partial charge is 0.253 e. The predicted octanol–water partition coefficient (Wildman–Crippen LogP) is 2.68. The number of nitrogens with zero attached hydrogens (tertiary/aromatic N) is 3. The number of pyridine rings is 1. The molecule has 3 heterocycles. The first-order chi connectivity index (χ1) is 15.9. The van der Waals surface area contributed by atoms with Crippen molar-refractivity contribution in [2.75, 3.05) is 19.6 Å². The first-order valence-electron chi connectivity index (χ1n) is 11.5. The quantitative estimate of drug-likeness (QED) is 0.724. The Bertz CT molecular complexity index is 1100. The topological polar surface area (TPSA) is 99.7 Å². The lowest BCUT2D eigenvalue weighted by Gasteiger charge is -2.33. The van der Waals surface area contributed by atoms with Crippen LogP contribution in [0.1, 0.15) is 59.7 Å². The number of sulfonamides is 1. The van der Waals surface area contributed by atoms with Crippen LogP contribution in [0.25, 0.3) is 0 Å². The molecule has 2 fully saturated rings. The van der Waals surface area contributed by atoms with Gasteiger partial charge in [0.1, 0.15) is 0 Å². The third-order valence-electron chi connectivity index (χ3n) is 6.47. The van der Waals surface area contributed by atoms with Crippen LogP contribution in [0.2, 0.25) is 0 Å². The van der Waals surface area contributed by atoms with Gasteiger partial charge >= 0.3 is 0 Å². The molecule has 0 bridgehead atoms. The van der Waals surface area contributed by atoms with Crippen LogP contribution in [0.15, 0.2) is 53.7 Å². The Kier molecular flexibility index (Phi) is 7.09. The third kappa shape index (κ3) is 5.25. The number of nitrogens with one attached hydrogen (secondary N) is 1. The highest BCUT2D eigenvalue weighted by atomic mass is 32.2. The third-order valence-corrected chi connectivity index (χ3v) is 8.48. The zero-order valence-electron chi connectivity index (χ0n) is 18.8. The SMILES string of the molecule is CC1CCCCN1S(=O)(=O)c1cccc(C(=O)N2CCC(NC(=O)c3cccnc3)CC2)c1. The molecule has 1 unspecified atom stereocenters. The lowest BCUT2D eigenvalue weighted by molar-refractivity contribution is 0.0698. The second kappa shape index (κ2) is 10.0. The molecule has 9 heteroatoms. The van der Waals surface area contributed by atoms with Crippen LogP contribution >= 0.6 is 0 Å². The van der Waals surface area contributed by atoms with Crippen molar-refractivity contribution in [3.05, 3.63) is 59.9 Å². The van der Waals surface area contributed by atoms with E-state index in [1.807, 2.05) is 6.92 Å². The molecular formula is C24H30N4O4S. The van der Waals surface area contributed by atoms with Crippen molar-refractivity contribution in [3.8, 4) is 0 Å². The number of rotatable bonds is 5. The van der Waals surface area contributed by atoms with Crippen molar-refractivity contribution < 1.29 is 18.0 Å². The Labute approximate surface area is 195 Å². The molecule has 1 N–H and O–H groups in total. The number of aromatic nitrogens is 1. The Morgan fingerprint density at radius 2 is 1.76 bits per heavy atom. The van der Waals surface area contributed by atoms with E-state index in [2.05, 4.69) is 10.3 Å². The van der Waals surface area contributed by atoms with E-state index < -0.39 is 10.0 Å². The summed E-state index contributed by atoms with van der Waals surface area (Å²) >= 11 is 0. The number of piperidine rings is 2. The van der Waals surface area contributed by atoms with Crippen LogP contribution in [0, 0.1) is 0 Å². The molecule has 4 rings (SSSR count). The minimum absolute atomic E-state index is 0.0194. The summed E-state index contributed by atoms with van der Waals surface area (Å²) in [5.41, 5.74) is 0.885. The highest BCUT2D eigenvalue weighted by molar-refractivity contribution is 7.89. The molecule has 1 atom stereocenters. The van der Waals surface area contributed by atoms with Crippen LogP contribution in [0.3, 0.4) is 0 Å². The van der Waals surface area contributed by atoms with Crippen molar-refractivity contribution in [3.63, 3.8) is 0 Å². The van der Waals surface area contributed by atoms with Crippen LogP contribution in [0.4, 0.5) is 0 Å². The van der Waals surface area contributed by atoms with Crippen LogP contribution < -0.4 is 5.32 Å². The molecule has 2 aromatic rings. The monoisotopic (exact) mass is 470 g/mol. The van der Waals surface area contributed by atoms with Crippen molar-refractivity contribution in [2.24, 2.45) is 0 Å². The molecule has 2 amide bonds. The predicted molar refractivity (Wildman–Crippen MR) is 124 cm³/mol. The van der Waals surface area contributed by atoms with Gasteiger partial charge in [-0.05, 0) is 62.9 Å². The summed E-state index contributed by atoms with van der Waals surface area (Å²) in [7, 11) is -3.64. The maximum Gasteiger partial charge on any atom is 0.253 e. The summed E-state index contributed by atoms with van der Waals surface area (Å²) in [6, 6.07) is 9.73. The van der Waals surface area contributed by atoms with Gasteiger partial charge in [-0.15, -0.1) is 0 Å². The van der Waals surface area contributed by atoms with Crippen LogP contribution in [0.5, 0.6) is 0 Å². The Hall–Kier alpha value is -2.78. The molecule has 0 aliphatic carbocycles. The van der Waals surface area contributed by atoms with E-state index in [9.17, 15) is 18.0 Å². The van der Waals surface area contributed by atoms with E-state index in [1.54, 1.807) is 45.7 Å². The van der Waals surface area contributed by atoms with Crippen LogP contribution in [-0.4, -0.2) is 66.1 Å². The molecular weight excluding hydrogens is 440 g/mol. The molecule has 2 aliphatic heterocycles.